The zero-order valence-corrected chi connectivity index (χ0v) is 13.0. The number of unbranched alkanes of at least 4 members (excludes halogenated alkanes) is 3. The number of aryl methyl sites for hydroxylation is 2. The van der Waals surface area contributed by atoms with Crippen LogP contribution in [0.1, 0.15) is 45.1 Å². The van der Waals surface area contributed by atoms with Crippen LogP contribution in [0.4, 0.5) is 0 Å². The molecule has 19 heavy (non-hydrogen) atoms. The third-order valence-electron chi connectivity index (χ3n) is 2.64. The molecule has 0 aliphatic heterocycles. The molecule has 110 valence electrons. The summed E-state index contributed by atoms with van der Waals surface area (Å²) in [6.07, 6.45) is 11.6. The fourth-order valence-corrected chi connectivity index (χ4v) is 1.59. The van der Waals surface area contributed by atoms with Gasteiger partial charge in [-0.05, 0) is 18.4 Å². The highest BCUT2D eigenvalue weighted by Gasteiger charge is 1.99. The van der Waals surface area contributed by atoms with Crippen LogP contribution in [-0.2, 0) is 23.1 Å². The van der Waals surface area contributed by atoms with E-state index in [4.69, 9.17) is 4.55 Å². The van der Waals surface area contributed by atoms with Gasteiger partial charge in [-0.1, -0.05) is 26.7 Å². The SMILES string of the molecule is CCCCCC[n+]1ccc(CC)cc1.CS(=O)(=O)O. The first-order valence-electron chi connectivity index (χ1n) is 6.77. The van der Waals surface area contributed by atoms with Gasteiger partial charge in [0.15, 0.2) is 12.4 Å². The van der Waals surface area contributed by atoms with Gasteiger partial charge in [0.2, 0.25) is 0 Å². The fourth-order valence-electron chi connectivity index (χ4n) is 1.59. The zero-order valence-electron chi connectivity index (χ0n) is 12.2. The van der Waals surface area contributed by atoms with Gasteiger partial charge in [-0.3, -0.25) is 4.55 Å². The lowest BCUT2D eigenvalue weighted by molar-refractivity contribution is -0.697. The average molecular weight is 288 g/mol. The summed E-state index contributed by atoms with van der Waals surface area (Å²) in [5, 5.41) is 0. The van der Waals surface area contributed by atoms with Gasteiger partial charge in [-0.15, -0.1) is 0 Å². The van der Waals surface area contributed by atoms with Crippen molar-refractivity contribution in [2.45, 2.75) is 52.5 Å². The molecule has 0 unspecified atom stereocenters. The third-order valence-corrected chi connectivity index (χ3v) is 2.64. The minimum Gasteiger partial charge on any atom is -0.286 e. The zero-order chi connectivity index (χ0) is 14.7. The minimum absolute atomic E-state index is 0.715. The van der Waals surface area contributed by atoms with Gasteiger partial charge in [0.25, 0.3) is 10.1 Å². The Labute approximate surface area is 117 Å². The molecular weight excluding hydrogens is 262 g/mol. The molecule has 0 atom stereocenters. The number of aromatic nitrogens is 1. The Kier molecular flexibility index (Phi) is 9.43. The van der Waals surface area contributed by atoms with Crippen LogP contribution in [-0.4, -0.2) is 19.2 Å². The summed E-state index contributed by atoms with van der Waals surface area (Å²) in [5.41, 5.74) is 1.43. The lowest BCUT2D eigenvalue weighted by Crippen LogP contribution is -2.32. The second kappa shape index (κ2) is 9.92. The molecule has 1 heterocycles. The van der Waals surface area contributed by atoms with E-state index < -0.39 is 10.1 Å². The van der Waals surface area contributed by atoms with Crippen molar-refractivity contribution in [3.05, 3.63) is 30.1 Å². The van der Waals surface area contributed by atoms with Crippen LogP contribution in [0.5, 0.6) is 0 Å². The van der Waals surface area contributed by atoms with E-state index in [1.54, 1.807) is 0 Å². The van der Waals surface area contributed by atoms with Gasteiger partial charge in [0.1, 0.15) is 6.54 Å². The number of hydrogen-bond donors (Lipinski definition) is 1. The van der Waals surface area contributed by atoms with Crippen molar-refractivity contribution in [1.82, 2.24) is 0 Å². The van der Waals surface area contributed by atoms with Crippen LogP contribution >= 0.6 is 0 Å². The Morgan fingerprint density at radius 3 is 2.05 bits per heavy atom. The molecule has 0 amide bonds. The van der Waals surface area contributed by atoms with E-state index in [9.17, 15) is 8.42 Å². The molecule has 0 aliphatic carbocycles. The van der Waals surface area contributed by atoms with Crippen LogP contribution in [0.2, 0.25) is 0 Å². The molecule has 4 nitrogen and oxygen atoms in total. The monoisotopic (exact) mass is 288 g/mol. The van der Waals surface area contributed by atoms with E-state index in [0.717, 1.165) is 6.42 Å². The summed E-state index contributed by atoms with van der Waals surface area (Å²) in [6, 6.07) is 4.44. The van der Waals surface area contributed by atoms with E-state index in [2.05, 4.69) is 42.9 Å². The van der Waals surface area contributed by atoms with Gasteiger partial charge >= 0.3 is 0 Å². The van der Waals surface area contributed by atoms with Crippen molar-refractivity contribution in [3.8, 4) is 0 Å². The average Bonchev–Trinajstić information content (AvgIpc) is 2.33. The van der Waals surface area contributed by atoms with E-state index in [1.807, 2.05) is 0 Å². The largest absolute Gasteiger partial charge is 0.286 e. The molecule has 1 aromatic rings. The third kappa shape index (κ3) is 13.3. The lowest BCUT2D eigenvalue weighted by atomic mass is 10.2. The molecule has 0 aliphatic rings. The first-order valence-corrected chi connectivity index (χ1v) is 8.62. The molecule has 0 bridgehead atoms. The van der Waals surface area contributed by atoms with Crippen molar-refractivity contribution < 1.29 is 17.5 Å². The first-order chi connectivity index (χ1) is 8.86. The van der Waals surface area contributed by atoms with Crippen LogP contribution in [0.15, 0.2) is 24.5 Å². The summed E-state index contributed by atoms with van der Waals surface area (Å²) in [7, 11) is -3.67. The van der Waals surface area contributed by atoms with Gasteiger partial charge in [-0.25, -0.2) is 4.57 Å². The highest BCUT2D eigenvalue weighted by atomic mass is 32.2. The molecule has 1 rings (SSSR count). The van der Waals surface area contributed by atoms with E-state index >= 15 is 0 Å². The smallest absolute Gasteiger partial charge is 0.261 e. The Balaban J connectivity index is 0.000000555. The van der Waals surface area contributed by atoms with Crippen LogP contribution < -0.4 is 4.57 Å². The summed E-state index contributed by atoms with van der Waals surface area (Å²) in [6.45, 7) is 5.62. The predicted molar refractivity (Wildman–Crippen MR) is 77.6 cm³/mol. The highest BCUT2D eigenvalue weighted by Crippen LogP contribution is 1.99. The highest BCUT2D eigenvalue weighted by molar-refractivity contribution is 7.85. The van der Waals surface area contributed by atoms with Crippen molar-refractivity contribution in [2.24, 2.45) is 0 Å². The van der Waals surface area contributed by atoms with Crippen molar-refractivity contribution >= 4 is 10.1 Å². The maximum Gasteiger partial charge on any atom is 0.261 e. The van der Waals surface area contributed by atoms with Gasteiger partial charge in [-0.2, -0.15) is 8.42 Å². The topological polar surface area (TPSA) is 58.2 Å². The standard InChI is InChI=1S/C13H22N.CH4O3S/c1-3-5-6-7-10-14-11-8-13(4-2)9-12-14;1-5(2,3)4/h8-9,11-12H,3-7,10H2,1-2H3;1H3,(H,2,3,4)/q+1;. The van der Waals surface area contributed by atoms with Gasteiger partial charge < -0.3 is 0 Å². The Morgan fingerprint density at radius 2 is 1.63 bits per heavy atom. The van der Waals surface area contributed by atoms with E-state index in [0.29, 0.717) is 6.26 Å². The number of rotatable bonds is 6. The fraction of sp³-hybridized carbons (Fsp3) is 0.643. The maximum absolute atomic E-state index is 9.19. The van der Waals surface area contributed by atoms with Crippen molar-refractivity contribution in [2.75, 3.05) is 6.26 Å². The number of hydrogen-bond acceptors (Lipinski definition) is 2. The summed E-state index contributed by atoms with van der Waals surface area (Å²) < 4.78 is 28.2. The van der Waals surface area contributed by atoms with E-state index in [1.165, 1.54) is 37.8 Å². The predicted octanol–water partition coefficient (Wildman–Crippen LogP) is 2.62. The Hall–Kier alpha value is -0.940. The lowest BCUT2D eigenvalue weighted by Gasteiger charge is -1.98. The van der Waals surface area contributed by atoms with Gasteiger partial charge in [0.05, 0.1) is 6.26 Å². The molecule has 0 spiro atoms. The number of pyridine rings is 1. The minimum atomic E-state index is -3.67. The van der Waals surface area contributed by atoms with Crippen molar-refractivity contribution in [1.29, 1.82) is 0 Å². The normalized spacial score (nSPS) is 10.7. The van der Waals surface area contributed by atoms with E-state index in [-0.39, 0.29) is 0 Å². The number of nitrogens with zero attached hydrogens (tertiary/aromatic N) is 1. The molecule has 0 saturated carbocycles. The molecule has 0 saturated heterocycles. The quantitative estimate of drug-likeness (QED) is 0.497. The molecule has 0 fully saturated rings. The summed E-state index contributed by atoms with van der Waals surface area (Å²) in [5.74, 6) is 0. The molecule has 0 radical (unpaired) electrons. The Morgan fingerprint density at radius 1 is 1.11 bits per heavy atom. The molecule has 5 heteroatoms. The van der Waals surface area contributed by atoms with Crippen molar-refractivity contribution in [3.63, 3.8) is 0 Å². The summed E-state index contributed by atoms with van der Waals surface area (Å²) in [4.78, 5) is 0. The molecule has 1 aromatic heterocycles. The van der Waals surface area contributed by atoms with Gasteiger partial charge in [0, 0.05) is 18.6 Å². The maximum atomic E-state index is 9.19. The summed E-state index contributed by atoms with van der Waals surface area (Å²) >= 11 is 0. The van der Waals surface area contributed by atoms with Crippen LogP contribution in [0, 0.1) is 0 Å². The molecule has 0 aromatic carbocycles. The van der Waals surface area contributed by atoms with Crippen LogP contribution in [0.3, 0.4) is 0 Å². The molecular formula is C14H26NO3S+. The second-order valence-corrected chi connectivity index (χ2v) is 6.06. The second-order valence-electron chi connectivity index (χ2n) is 4.59. The first kappa shape index (κ1) is 18.1. The Bertz CT molecular complexity index is 419. The molecule has 1 N–H and O–H groups in total. The van der Waals surface area contributed by atoms with Crippen LogP contribution in [0.25, 0.3) is 0 Å².